The highest BCUT2D eigenvalue weighted by atomic mass is 16.5. The maximum atomic E-state index is 13.3. The summed E-state index contributed by atoms with van der Waals surface area (Å²) in [5.74, 6) is 0.846. The standard InChI is InChI=1S/C24H24N2O4/c1-25(17-18-9-5-4-6-10-18)24(28)20(26-14-8-7-11-23(26)27)15-19-12-13-21(29-2)22(16-19)30-3/h4-16H,17H2,1-3H3/b20-15+. The number of hydrogen-bond donors (Lipinski definition) is 0. The first-order chi connectivity index (χ1) is 14.5. The third-order valence-corrected chi connectivity index (χ3v) is 4.62. The van der Waals surface area contributed by atoms with Crippen molar-refractivity contribution in [1.82, 2.24) is 9.47 Å². The summed E-state index contributed by atoms with van der Waals surface area (Å²) < 4.78 is 12.0. The van der Waals surface area contributed by atoms with Gasteiger partial charge in [0.1, 0.15) is 5.70 Å². The second kappa shape index (κ2) is 9.60. The Kier molecular flexibility index (Phi) is 6.70. The summed E-state index contributed by atoms with van der Waals surface area (Å²) in [4.78, 5) is 27.4. The number of ether oxygens (including phenoxy) is 2. The van der Waals surface area contributed by atoms with Crippen molar-refractivity contribution in [3.8, 4) is 11.5 Å². The SMILES string of the molecule is COc1ccc(/C=C(\C(=O)N(C)Cc2ccccc2)n2ccccc2=O)cc1OC. The fourth-order valence-corrected chi connectivity index (χ4v) is 3.09. The molecule has 1 heterocycles. The maximum Gasteiger partial charge on any atom is 0.270 e. The number of likely N-dealkylation sites (N-methyl/N-ethyl adjacent to an activating group) is 1. The van der Waals surface area contributed by atoms with Crippen LogP contribution in [0.15, 0.2) is 77.7 Å². The van der Waals surface area contributed by atoms with Gasteiger partial charge in [-0.1, -0.05) is 42.5 Å². The van der Waals surface area contributed by atoms with Crippen LogP contribution in [0.3, 0.4) is 0 Å². The summed E-state index contributed by atoms with van der Waals surface area (Å²) in [6, 6.07) is 19.8. The first-order valence-electron chi connectivity index (χ1n) is 9.44. The van der Waals surface area contributed by atoms with Crippen molar-refractivity contribution in [3.05, 3.63) is 94.4 Å². The number of carbonyl (C=O) groups is 1. The third-order valence-electron chi connectivity index (χ3n) is 4.62. The van der Waals surface area contributed by atoms with Crippen molar-refractivity contribution in [2.45, 2.75) is 6.54 Å². The number of nitrogens with zero attached hydrogens (tertiary/aromatic N) is 2. The molecule has 2 aromatic carbocycles. The number of carbonyl (C=O) groups excluding carboxylic acids is 1. The number of hydrogen-bond acceptors (Lipinski definition) is 4. The average Bonchev–Trinajstić information content (AvgIpc) is 2.78. The monoisotopic (exact) mass is 404 g/mol. The fraction of sp³-hybridized carbons (Fsp3) is 0.167. The molecule has 0 bridgehead atoms. The van der Waals surface area contributed by atoms with Crippen molar-refractivity contribution in [2.75, 3.05) is 21.3 Å². The Morgan fingerprint density at radius 2 is 1.67 bits per heavy atom. The molecule has 6 heteroatoms. The zero-order valence-corrected chi connectivity index (χ0v) is 17.2. The Hall–Kier alpha value is -3.80. The molecule has 0 N–H and O–H groups in total. The van der Waals surface area contributed by atoms with E-state index in [1.807, 2.05) is 30.3 Å². The molecule has 30 heavy (non-hydrogen) atoms. The molecule has 0 saturated heterocycles. The van der Waals surface area contributed by atoms with Crippen LogP contribution in [-0.4, -0.2) is 36.6 Å². The smallest absolute Gasteiger partial charge is 0.270 e. The van der Waals surface area contributed by atoms with Gasteiger partial charge in [0, 0.05) is 25.9 Å². The van der Waals surface area contributed by atoms with E-state index in [0.717, 1.165) is 5.56 Å². The number of methoxy groups -OCH3 is 2. The van der Waals surface area contributed by atoms with E-state index in [9.17, 15) is 9.59 Å². The summed E-state index contributed by atoms with van der Waals surface area (Å²) in [6.45, 7) is 0.421. The van der Waals surface area contributed by atoms with Gasteiger partial charge in [0.25, 0.3) is 11.5 Å². The van der Waals surface area contributed by atoms with Crippen molar-refractivity contribution in [1.29, 1.82) is 0 Å². The van der Waals surface area contributed by atoms with Crippen molar-refractivity contribution >= 4 is 17.7 Å². The second-order valence-corrected chi connectivity index (χ2v) is 6.70. The van der Waals surface area contributed by atoms with Gasteiger partial charge in [0.15, 0.2) is 11.5 Å². The molecule has 0 radical (unpaired) electrons. The second-order valence-electron chi connectivity index (χ2n) is 6.70. The molecule has 0 aliphatic carbocycles. The Labute approximate surface area is 175 Å². The average molecular weight is 404 g/mol. The van der Waals surface area contributed by atoms with E-state index in [-0.39, 0.29) is 17.2 Å². The largest absolute Gasteiger partial charge is 0.493 e. The zero-order chi connectivity index (χ0) is 21.5. The molecule has 0 spiro atoms. The first kappa shape index (κ1) is 20.9. The van der Waals surface area contributed by atoms with Crippen molar-refractivity contribution in [2.24, 2.45) is 0 Å². The molecule has 0 aliphatic heterocycles. The molecule has 3 aromatic rings. The number of amides is 1. The number of pyridine rings is 1. The first-order valence-corrected chi connectivity index (χ1v) is 9.44. The lowest BCUT2D eigenvalue weighted by Gasteiger charge is -2.20. The molecular formula is C24H24N2O4. The Morgan fingerprint density at radius 1 is 0.967 bits per heavy atom. The van der Waals surface area contributed by atoms with E-state index >= 15 is 0 Å². The van der Waals surface area contributed by atoms with Crippen LogP contribution in [0.25, 0.3) is 11.8 Å². The quantitative estimate of drug-likeness (QED) is 0.566. The van der Waals surface area contributed by atoms with E-state index in [2.05, 4.69) is 0 Å². The Balaban J connectivity index is 2.03. The fourth-order valence-electron chi connectivity index (χ4n) is 3.09. The predicted octanol–water partition coefficient (Wildman–Crippen LogP) is 3.52. The molecule has 1 amide bonds. The molecule has 0 atom stereocenters. The summed E-state index contributed by atoms with van der Waals surface area (Å²) in [7, 11) is 4.82. The number of rotatable bonds is 7. The lowest BCUT2D eigenvalue weighted by molar-refractivity contribution is -0.124. The van der Waals surface area contributed by atoms with Gasteiger partial charge in [0.2, 0.25) is 0 Å². The summed E-state index contributed by atoms with van der Waals surface area (Å²) in [6.07, 6.45) is 3.26. The topological polar surface area (TPSA) is 60.8 Å². The highest BCUT2D eigenvalue weighted by Gasteiger charge is 2.18. The van der Waals surface area contributed by atoms with E-state index in [4.69, 9.17) is 9.47 Å². The van der Waals surface area contributed by atoms with Gasteiger partial charge in [-0.25, -0.2) is 0 Å². The van der Waals surface area contributed by atoms with Gasteiger partial charge < -0.3 is 14.4 Å². The lowest BCUT2D eigenvalue weighted by atomic mass is 10.1. The van der Waals surface area contributed by atoms with E-state index in [1.54, 1.807) is 68.8 Å². The third kappa shape index (κ3) is 4.78. The van der Waals surface area contributed by atoms with Crippen LogP contribution in [-0.2, 0) is 11.3 Å². The van der Waals surface area contributed by atoms with Crippen LogP contribution in [0.2, 0.25) is 0 Å². The van der Waals surface area contributed by atoms with E-state index in [1.165, 1.54) is 10.6 Å². The minimum Gasteiger partial charge on any atom is -0.493 e. The number of aromatic nitrogens is 1. The van der Waals surface area contributed by atoms with E-state index in [0.29, 0.717) is 23.6 Å². The van der Waals surface area contributed by atoms with Crippen molar-refractivity contribution < 1.29 is 14.3 Å². The molecule has 154 valence electrons. The Bertz CT molecular complexity index is 1100. The number of benzene rings is 2. The molecule has 3 rings (SSSR count). The zero-order valence-electron chi connectivity index (χ0n) is 17.2. The predicted molar refractivity (Wildman–Crippen MR) is 117 cm³/mol. The van der Waals surface area contributed by atoms with Crippen LogP contribution in [0.5, 0.6) is 11.5 Å². The molecule has 0 unspecified atom stereocenters. The minimum absolute atomic E-state index is 0.242. The van der Waals surface area contributed by atoms with Gasteiger partial charge in [0.05, 0.1) is 14.2 Å². The van der Waals surface area contributed by atoms with Crippen LogP contribution in [0.1, 0.15) is 11.1 Å². The van der Waals surface area contributed by atoms with Gasteiger partial charge >= 0.3 is 0 Å². The van der Waals surface area contributed by atoms with Crippen LogP contribution < -0.4 is 15.0 Å². The van der Waals surface area contributed by atoms with Crippen LogP contribution >= 0.6 is 0 Å². The molecule has 0 fully saturated rings. The summed E-state index contributed by atoms with van der Waals surface area (Å²) in [5, 5.41) is 0. The minimum atomic E-state index is -0.286. The van der Waals surface area contributed by atoms with Gasteiger partial charge in [-0.2, -0.15) is 0 Å². The van der Waals surface area contributed by atoms with Gasteiger partial charge in [-0.3, -0.25) is 14.2 Å². The normalized spacial score (nSPS) is 11.1. The van der Waals surface area contributed by atoms with Gasteiger partial charge in [-0.05, 0) is 35.4 Å². The summed E-state index contributed by atoms with van der Waals surface area (Å²) >= 11 is 0. The van der Waals surface area contributed by atoms with E-state index < -0.39 is 0 Å². The molecular weight excluding hydrogens is 380 g/mol. The molecule has 0 saturated carbocycles. The van der Waals surface area contributed by atoms with Crippen LogP contribution in [0, 0.1) is 0 Å². The maximum absolute atomic E-state index is 13.3. The molecule has 1 aromatic heterocycles. The highest BCUT2D eigenvalue weighted by Crippen LogP contribution is 2.29. The van der Waals surface area contributed by atoms with Crippen molar-refractivity contribution in [3.63, 3.8) is 0 Å². The van der Waals surface area contributed by atoms with Gasteiger partial charge in [-0.15, -0.1) is 0 Å². The summed E-state index contributed by atoms with van der Waals surface area (Å²) in [5.41, 5.74) is 1.66. The molecule has 0 aliphatic rings. The molecule has 6 nitrogen and oxygen atoms in total. The lowest BCUT2D eigenvalue weighted by Crippen LogP contribution is -2.32. The highest BCUT2D eigenvalue weighted by molar-refractivity contribution is 6.18. The van der Waals surface area contributed by atoms with Crippen LogP contribution in [0.4, 0.5) is 0 Å². The Morgan fingerprint density at radius 3 is 2.33 bits per heavy atom.